The van der Waals surface area contributed by atoms with Crippen LogP contribution in [-0.4, -0.2) is 9.91 Å². The van der Waals surface area contributed by atoms with E-state index in [-0.39, 0.29) is 5.82 Å². The minimum Gasteiger partial charge on any atom is -0.358 e. The number of aromatic nitrogens is 1. The predicted molar refractivity (Wildman–Crippen MR) is 50.2 cm³/mol. The molecule has 0 unspecified atom stereocenters. The Labute approximate surface area is 80.5 Å². The lowest BCUT2D eigenvalue weighted by molar-refractivity contribution is -0.389. The van der Waals surface area contributed by atoms with Crippen LogP contribution < -0.4 is 0 Å². The summed E-state index contributed by atoms with van der Waals surface area (Å²) in [6.07, 6.45) is 5.08. The maximum absolute atomic E-state index is 10.3. The van der Waals surface area contributed by atoms with Crippen molar-refractivity contribution in [1.29, 1.82) is 5.26 Å². The topological polar surface area (TPSA) is 79.8 Å². The zero-order chi connectivity index (χ0) is 10.4. The molecule has 0 saturated heterocycles. The molecule has 1 heterocycles. The molecule has 0 fully saturated rings. The number of nitrogens with zero attached hydrogens (tertiary/aromatic N) is 3. The average molecular weight is 189 g/mol. The number of hydrogen-bond donors (Lipinski definition) is 0. The third kappa shape index (κ3) is 2.68. The highest BCUT2D eigenvalue weighted by atomic mass is 16.6. The van der Waals surface area contributed by atoms with Crippen molar-refractivity contribution in [2.75, 3.05) is 0 Å². The van der Waals surface area contributed by atoms with Gasteiger partial charge in [0.2, 0.25) is 0 Å². The lowest BCUT2D eigenvalue weighted by Gasteiger charge is -1.91. The van der Waals surface area contributed by atoms with Crippen LogP contribution >= 0.6 is 0 Å². The Hall–Kier alpha value is -2.22. The number of rotatable bonds is 3. The van der Waals surface area contributed by atoms with Crippen LogP contribution in [0.15, 0.2) is 24.4 Å². The molecular weight excluding hydrogens is 182 g/mol. The van der Waals surface area contributed by atoms with Crippen molar-refractivity contribution in [3.05, 3.63) is 40.1 Å². The van der Waals surface area contributed by atoms with E-state index in [1.54, 1.807) is 18.2 Å². The second-order valence-corrected chi connectivity index (χ2v) is 2.47. The molecule has 0 amide bonds. The summed E-state index contributed by atoms with van der Waals surface area (Å²) in [6, 6.07) is 4.86. The molecule has 0 aliphatic heterocycles. The number of nitriles is 1. The smallest absolute Gasteiger partial charge is 0.358 e. The van der Waals surface area contributed by atoms with Gasteiger partial charge < -0.3 is 10.1 Å². The van der Waals surface area contributed by atoms with Crippen LogP contribution in [0.3, 0.4) is 0 Å². The molecule has 0 aromatic carbocycles. The Morgan fingerprint density at radius 2 is 2.43 bits per heavy atom. The molecule has 0 radical (unpaired) electrons. The summed E-state index contributed by atoms with van der Waals surface area (Å²) in [5.41, 5.74) is 0.742. The zero-order valence-electron chi connectivity index (χ0n) is 7.25. The molecule has 0 aliphatic carbocycles. The molecule has 0 saturated carbocycles. The van der Waals surface area contributed by atoms with E-state index in [9.17, 15) is 10.1 Å². The van der Waals surface area contributed by atoms with Gasteiger partial charge in [-0.15, -0.1) is 0 Å². The van der Waals surface area contributed by atoms with Crippen molar-refractivity contribution in [3.8, 4) is 6.07 Å². The van der Waals surface area contributed by atoms with Crippen molar-refractivity contribution in [2.45, 2.75) is 6.42 Å². The van der Waals surface area contributed by atoms with E-state index in [1.165, 1.54) is 12.3 Å². The van der Waals surface area contributed by atoms with Crippen LogP contribution in [0.4, 0.5) is 5.82 Å². The van der Waals surface area contributed by atoms with Gasteiger partial charge in [-0.05, 0) is 16.0 Å². The van der Waals surface area contributed by atoms with Gasteiger partial charge in [0.25, 0.3) is 0 Å². The van der Waals surface area contributed by atoms with E-state index in [1.807, 2.05) is 6.07 Å². The molecule has 0 aliphatic rings. The van der Waals surface area contributed by atoms with Gasteiger partial charge in [0.15, 0.2) is 0 Å². The Balaban J connectivity index is 2.74. The van der Waals surface area contributed by atoms with Gasteiger partial charge in [-0.25, -0.2) is 0 Å². The highest BCUT2D eigenvalue weighted by Gasteiger charge is 2.03. The predicted octanol–water partition coefficient (Wildman–Crippen LogP) is 1.92. The molecule has 14 heavy (non-hydrogen) atoms. The molecule has 1 aromatic rings. The van der Waals surface area contributed by atoms with Gasteiger partial charge in [0.1, 0.15) is 6.20 Å². The van der Waals surface area contributed by atoms with E-state index in [0.29, 0.717) is 6.42 Å². The molecular formula is C9H7N3O2. The van der Waals surface area contributed by atoms with Crippen LogP contribution in [0.5, 0.6) is 0 Å². The largest absolute Gasteiger partial charge is 0.363 e. The van der Waals surface area contributed by atoms with Crippen LogP contribution in [0, 0.1) is 21.4 Å². The highest BCUT2D eigenvalue weighted by molar-refractivity contribution is 5.49. The summed E-state index contributed by atoms with van der Waals surface area (Å²) in [5, 5.41) is 18.5. The number of allylic oxidation sites excluding steroid dienone is 1. The molecule has 0 N–H and O–H groups in total. The first-order valence-corrected chi connectivity index (χ1v) is 3.88. The third-order valence-electron chi connectivity index (χ3n) is 1.48. The second kappa shape index (κ2) is 4.72. The van der Waals surface area contributed by atoms with Crippen molar-refractivity contribution < 1.29 is 4.92 Å². The minimum absolute atomic E-state index is 0.178. The Bertz CT molecular complexity index is 390. The van der Waals surface area contributed by atoms with E-state index >= 15 is 0 Å². The normalized spacial score (nSPS) is 9.93. The Morgan fingerprint density at radius 1 is 1.64 bits per heavy atom. The van der Waals surface area contributed by atoms with E-state index in [4.69, 9.17) is 5.26 Å². The first kappa shape index (κ1) is 9.86. The highest BCUT2D eigenvalue weighted by Crippen LogP contribution is 2.08. The standard InChI is InChI=1S/C9H7N3O2/c10-6-2-1-3-8-4-5-9(11-7-8)12(13)14/h1,3-5,7H,2H2. The Morgan fingerprint density at radius 3 is 2.93 bits per heavy atom. The third-order valence-corrected chi connectivity index (χ3v) is 1.48. The summed E-state index contributed by atoms with van der Waals surface area (Å²) >= 11 is 0. The summed E-state index contributed by atoms with van der Waals surface area (Å²) in [4.78, 5) is 13.3. The lowest BCUT2D eigenvalue weighted by atomic mass is 10.2. The van der Waals surface area contributed by atoms with Gasteiger partial charge in [0.05, 0.1) is 12.5 Å². The number of pyridine rings is 1. The molecule has 0 bridgehead atoms. The SMILES string of the molecule is N#CCC=Cc1ccc([N+](=O)[O-])nc1. The van der Waals surface area contributed by atoms with Crippen molar-refractivity contribution >= 4 is 11.9 Å². The van der Waals surface area contributed by atoms with Crippen molar-refractivity contribution in [2.24, 2.45) is 0 Å². The first-order valence-electron chi connectivity index (χ1n) is 3.88. The lowest BCUT2D eigenvalue weighted by Crippen LogP contribution is -1.90. The fourth-order valence-corrected chi connectivity index (χ4v) is 0.852. The molecule has 70 valence electrons. The average Bonchev–Trinajstić information content (AvgIpc) is 2.19. The molecule has 5 heteroatoms. The zero-order valence-corrected chi connectivity index (χ0v) is 7.25. The van der Waals surface area contributed by atoms with Gasteiger partial charge in [0, 0.05) is 11.6 Å². The van der Waals surface area contributed by atoms with E-state index in [2.05, 4.69) is 4.98 Å². The van der Waals surface area contributed by atoms with Gasteiger partial charge >= 0.3 is 5.82 Å². The molecule has 0 atom stereocenters. The minimum atomic E-state index is -0.553. The quantitative estimate of drug-likeness (QED) is 0.537. The van der Waals surface area contributed by atoms with E-state index < -0.39 is 4.92 Å². The molecule has 1 rings (SSSR count). The van der Waals surface area contributed by atoms with E-state index in [0.717, 1.165) is 5.56 Å². The second-order valence-electron chi connectivity index (χ2n) is 2.47. The van der Waals surface area contributed by atoms with Crippen LogP contribution in [0.1, 0.15) is 12.0 Å². The fourth-order valence-electron chi connectivity index (χ4n) is 0.852. The number of hydrogen-bond acceptors (Lipinski definition) is 4. The van der Waals surface area contributed by atoms with Gasteiger partial charge in [-0.3, -0.25) is 0 Å². The summed E-state index contributed by atoms with van der Waals surface area (Å²) in [6.45, 7) is 0. The summed E-state index contributed by atoms with van der Waals surface area (Å²) < 4.78 is 0. The van der Waals surface area contributed by atoms with Crippen molar-refractivity contribution in [1.82, 2.24) is 4.98 Å². The maximum Gasteiger partial charge on any atom is 0.363 e. The molecule has 5 nitrogen and oxygen atoms in total. The summed E-state index contributed by atoms with van der Waals surface area (Å²) in [7, 11) is 0. The fraction of sp³-hybridized carbons (Fsp3) is 0.111. The van der Waals surface area contributed by atoms with Crippen LogP contribution in [-0.2, 0) is 0 Å². The van der Waals surface area contributed by atoms with Crippen molar-refractivity contribution in [3.63, 3.8) is 0 Å². The van der Waals surface area contributed by atoms with Crippen LogP contribution in [0.2, 0.25) is 0 Å². The number of nitro groups is 1. The Kier molecular flexibility index (Phi) is 3.33. The molecule has 1 aromatic heterocycles. The van der Waals surface area contributed by atoms with Gasteiger partial charge in [-0.1, -0.05) is 12.2 Å². The van der Waals surface area contributed by atoms with Crippen LogP contribution in [0.25, 0.3) is 6.08 Å². The summed E-state index contributed by atoms with van der Waals surface area (Å²) in [5.74, 6) is -0.178. The van der Waals surface area contributed by atoms with Gasteiger partial charge in [-0.2, -0.15) is 5.26 Å². The monoisotopic (exact) mass is 189 g/mol. The maximum atomic E-state index is 10.3. The first-order chi connectivity index (χ1) is 6.74. The molecule has 0 spiro atoms.